The molecule has 1 aliphatic rings. The molecule has 3 rings (SSSR count). The molecule has 0 heterocycles. The number of halogens is 1. The van der Waals surface area contributed by atoms with E-state index < -0.39 is 26.4 Å². The maximum Gasteiger partial charge on any atom is 0.182 e. The quantitative estimate of drug-likeness (QED) is 0.760. The summed E-state index contributed by atoms with van der Waals surface area (Å²) in [6, 6.07) is 15.5. The number of sulfone groups is 1. The molecule has 0 amide bonds. The van der Waals surface area contributed by atoms with Crippen LogP contribution in [0.25, 0.3) is 0 Å². The minimum atomic E-state index is -3.64. The molecule has 0 spiro atoms. The zero-order valence-corrected chi connectivity index (χ0v) is 15.9. The highest BCUT2D eigenvalue weighted by Crippen LogP contribution is 2.64. The monoisotopic (exact) mass is 395 g/mol. The number of ether oxygens (including phenoxy) is 1. The van der Waals surface area contributed by atoms with E-state index in [1.54, 1.807) is 48.5 Å². The number of rotatable bonds is 6. The fraction of sp³-hybridized carbons (Fsp3) is 0.278. The van der Waals surface area contributed by atoms with Crippen LogP contribution in [0, 0.1) is 5.41 Å². The smallest absolute Gasteiger partial charge is 0.182 e. The molecule has 0 aromatic heterocycles. The summed E-state index contributed by atoms with van der Waals surface area (Å²) in [6.45, 7) is 0.135. The van der Waals surface area contributed by atoms with Crippen LogP contribution in [0.3, 0.4) is 0 Å². The first-order chi connectivity index (χ1) is 11.9. The van der Waals surface area contributed by atoms with Crippen LogP contribution >= 0.6 is 23.8 Å². The number of thiocarbonyl (C=S) groups is 1. The van der Waals surface area contributed by atoms with Crippen LogP contribution in [0.15, 0.2) is 59.5 Å². The topological polar surface area (TPSA) is 69.4 Å². The lowest BCUT2D eigenvalue weighted by molar-refractivity contribution is 0.166. The maximum absolute atomic E-state index is 13.3. The van der Waals surface area contributed by atoms with Gasteiger partial charge in [-0.25, -0.2) is 8.42 Å². The zero-order chi connectivity index (χ0) is 18.2. The highest BCUT2D eigenvalue weighted by atomic mass is 35.5. The fourth-order valence-electron chi connectivity index (χ4n) is 3.57. The van der Waals surface area contributed by atoms with Crippen molar-refractivity contribution < 1.29 is 13.2 Å². The normalized spacial score (nSPS) is 25.5. The first-order valence-electron chi connectivity index (χ1n) is 7.69. The summed E-state index contributed by atoms with van der Waals surface area (Å²) >= 11 is 11.4. The van der Waals surface area contributed by atoms with E-state index in [9.17, 15) is 8.42 Å². The van der Waals surface area contributed by atoms with Crippen molar-refractivity contribution in [3.8, 4) is 0 Å². The Labute approximate surface area is 157 Å². The van der Waals surface area contributed by atoms with E-state index in [4.69, 9.17) is 34.3 Å². The van der Waals surface area contributed by atoms with Crippen molar-refractivity contribution in [1.82, 2.24) is 0 Å². The summed E-state index contributed by atoms with van der Waals surface area (Å²) in [5.41, 5.74) is 5.86. The Bertz CT molecular complexity index is 902. The molecule has 0 radical (unpaired) electrons. The van der Waals surface area contributed by atoms with Gasteiger partial charge >= 0.3 is 0 Å². The minimum absolute atomic E-state index is 0.135. The van der Waals surface area contributed by atoms with E-state index in [1.807, 2.05) is 6.07 Å². The van der Waals surface area contributed by atoms with Gasteiger partial charge in [0.25, 0.3) is 0 Å². The van der Waals surface area contributed by atoms with Crippen LogP contribution in [0.4, 0.5) is 0 Å². The van der Waals surface area contributed by atoms with Gasteiger partial charge in [-0.05, 0) is 29.8 Å². The Hall–Kier alpha value is -1.47. The van der Waals surface area contributed by atoms with Gasteiger partial charge in [-0.3, -0.25) is 0 Å². The van der Waals surface area contributed by atoms with Crippen molar-refractivity contribution in [2.24, 2.45) is 11.1 Å². The molecule has 2 N–H and O–H groups in total. The van der Waals surface area contributed by atoms with Gasteiger partial charge in [-0.2, -0.15) is 0 Å². The van der Waals surface area contributed by atoms with Crippen molar-refractivity contribution in [3.63, 3.8) is 0 Å². The Balaban J connectivity index is 2.14. The zero-order valence-electron chi connectivity index (χ0n) is 13.6. The molecule has 25 heavy (non-hydrogen) atoms. The molecule has 4 nitrogen and oxygen atoms in total. The average molecular weight is 396 g/mol. The Morgan fingerprint density at radius 3 is 2.48 bits per heavy atom. The average Bonchev–Trinajstić information content (AvgIpc) is 3.27. The Morgan fingerprint density at radius 2 is 1.92 bits per heavy atom. The van der Waals surface area contributed by atoms with Crippen LogP contribution in [0.2, 0.25) is 5.02 Å². The summed E-state index contributed by atoms with van der Waals surface area (Å²) in [5, 5.41) is -0.243. The second kappa shape index (κ2) is 6.68. The van der Waals surface area contributed by atoms with Gasteiger partial charge in [-0.15, -0.1) is 0 Å². The van der Waals surface area contributed by atoms with Crippen molar-refractivity contribution in [1.29, 1.82) is 0 Å². The molecule has 2 aromatic rings. The lowest BCUT2D eigenvalue weighted by Crippen LogP contribution is -2.33. The summed E-state index contributed by atoms with van der Waals surface area (Å²) in [6.07, 6.45) is 0. The third-order valence-electron chi connectivity index (χ3n) is 4.71. The largest absolute Gasteiger partial charge is 0.393 e. The summed E-state index contributed by atoms with van der Waals surface area (Å²) < 4.78 is 31.8. The van der Waals surface area contributed by atoms with Crippen LogP contribution in [-0.4, -0.2) is 32.4 Å². The fourth-order valence-corrected chi connectivity index (χ4v) is 6.56. The number of benzene rings is 2. The van der Waals surface area contributed by atoms with Crippen LogP contribution in [0.1, 0.15) is 11.5 Å². The summed E-state index contributed by atoms with van der Waals surface area (Å²) in [5.74, 6) is -0.395. The third-order valence-corrected chi connectivity index (χ3v) is 7.62. The minimum Gasteiger partial charge on any atom is -0.393 e. The Kier molecular flexibility index (Phi) is 4.90. The highest BCUT2D eigenvalue weighted by molar-refractivity contribution is 7.92. The molecule has 1 aliphatic carbocycles. The number of hydrogen-bond donors (Lipinski definition) is 1. The van der Waals surface area contributed by atoms with Gasteiger partial charge in [0.1, 0.15) is 0 Å². The molecule has 0 aliphatic heterocycles. The number of hydrogen-bond acceptors (Lipinski definition) is 4. The standard InChI is InChI=1S/C18H18ClNO3S2/c1-23-11-18(17(20)24)15(12-6-5-7-13(19)10-12)16(18)25(21,22)14-8-3-2-4-9-14/h2-10,15-16H,11H2,1H3,(H2,20,24)/t15-,16+,18-/m1/s1. The lowest BCUT2D eigenvalue weighted by atomic mass is 10.00. The third kappa shape index (κ3) is 2.97. The first kappa shape index (κ1) is 18.3. The summed E-state index contributed by atoms with van der Waals surface area (Å²) in [7, 11) is -2.13. The number of nitrogens with two attached hydrogens (primary N) is 1. The van der Waals surface area contributed by atoms with Gasteiger partial charge in [0, 0.05) is 18.1 Å². The highest BCUT2D eigenvalue weighted by Gasteiger charge is 2.73. The van der Waals surface area contributed by atoms with Gasteiger partial charge in [0.05, 0.1) is 27.2 Å². The molecule has 2 aromatic carbocycles. The molecule has 132 valence electrons. The summed E-state index contributed by atoms with van der Waals surface area (Å²) in [4.78, 5) is 0.394. The van der Waals surface area contributed by atoms with E-state index in [0.29, 0.717) is 5.02 Å². The van der Waals surface area contributed by atoms with Crippen LogP contribution in [0.5, 0.6) is 0 Å². The molecule has 0 bridgehead atoms. The molecule has 3 atom stereocenters. The number of methoxy groups -OCH3 is 1. The van der Waals surface area contributed by atoms with E-state index in [1.165, 1.54) is 7.11 Å². The van der Waals surface area contributed by atoms with Gasteiger partial charge in [0.15, 0.2) is 9.84 Å². The Morgan fingerprint density at radius 1 is 1.24 bits per heavy atom. The molecule has 1 saturated carbocycles. The SMILES string of the molecule is COC[C@@]1(C(N)=S)[C@H](c2cccc(Cl)c2)[C@@H]1S(=O)(=O)c1ccccc1. The molecular formula is C18H18ClNO3S2. The molecular weight excluding hydrogens is 378 g/mol. The first-order valence-corrected chi connectivity index (χ1v) is 10.0. The molecule has 0 saturated heterocycles. The second-order valence-corrected chi connectivity index (χ2v) is 9.09. The van der Waals surface area contributed by atoms with E-state index >= 15 is 0 Å². The van der Waals surface area contributed by atoms with E-state index in [-0.39, 0.29) is 16.5 Å². The molecule has 7 heteroatoms. The molecule has 1 fully saturated rings. The predicted molar refractivity (Wildman–Crippen MR) is 103 cm³/mol. The van der Waals surface area contributed by atoms with Crippen LogP contribution < -0.4 is 5.73 Å². The van der Waals surface area contributed by atoms with E-state index in [2.05, 4.69) is 0 Å². The van der Waals surface area contributed by atoms with Crippen LogP contribution in [-0.2, 0) is 14.6 Å². The molecule has 0 unspecified atom stereocenters. The maximum atomic E-state index is 13.3. The van der Waals surface area contributed by atoms with Crippen molar-refractivity contribution in [2.75, 3.05) is 13.7 Å². The predicted octanol–water partition coefficient (Wildman–Crippen LogP) is 3.20. The lowest BCUT2D eigenvalue weighted by Gasteiger charge is -2.16. The van der Waals surface area contributed by atoms with Gasteiger partial charge < -0.3 is 10.5 Å². The van der Waals surface area contributed by atoms with Crippen molar-refractivity contribution in [3.05, 3.63) is 65.2 Å². The van der Waals surface area contributed by atoms with Crippen molar-refractivity contribution in [2.45, 2.75) is 16.1 Å². The van der Waals surface area contributed by atoms with Crippen molar-refractivity contribution >= 4 is 38.6 Å². The van der Waals surface area contributed by atoms with E-state index in [0.717, 1.165) is 5.56 Å². The van der Waals surface area contributed by atoms with Gasteiger partial charge in [0.2, 0.25) is 0 Å². The second-order valence-electron chi connectivity index (χ2n) is 6.15. The van der Waals surface area contributed by atoms with Gasteiger partial charge in [-0.1, -0.05) is 54.2 Å².